The summed E-state index contributed by atoms with van der Waals surface area (Å²) < 4.78 is 7.35. The number of fused-ring (bicyclic) bond motifs is 1. The van der Waals surface area contributed by atoms with Crippen LogP contribution in [-0.2, 0) is 11.3 Å². The number of carbonyl (C=O) groups is 1. The lowest BCUT2D eigenvalue weighted by molar-refractivity contribution is -0.113. The van der Waals surface area contributed by atoms with Crippen LogP contribution < -0.4 is 5.32 Å². The van der Waals surface area contributed by atoms with Gasteiger partial charge in [-0.25, -0.2) is 4.98 Å². The zero-order chi connectivity index (χ0) is 21.1. The SMILES string of the molecule is Cc1c(C#N)c(NC(=O)CSc2ccc3ccccc3n2)n(Cc2ccco2)c1C. The number of nitrogens with zero attached hydrogens (tertiary/aromatic N) is 3. The van der Waals surface area contributed by atoms with Crippen LogP contribution >= 0.6 is 11.8 Å². The van der Waals surface area contributed by atoms with Gasteiger partial charge in [0.25, 0.3) is 0 Å². The summed E-state index contributed by atoms with van der Waals surface area (Å²) >= 11 is 1.36. The monoisotopic (exact) mass is 416 g/mol. The third-order valence-electron chi connectivity index (χ3n) is 5.02. The molecule has 0 aliphatic rings. The molecule has 0 aliphatic heterocycles. The van der Waals surface area contributed by atoms with Crippen molar-refractivity contribution in [1.82, 2.24) is 9.55 Å². The molecule has 0 unspecified atom stereocenters. The lowest BCUT2D eigenvalue weighted by Crippen LogP contribution is -2.18. The molecule has 3 aromatic heterocycles. The molecule has 0 atom stereocenters. The molecule has 0 bridgehead atoms. The number of hydrogen-bond acceptors (Lipinski definition) is 5. The Morgan fingerprint density at radius 2 is 2.03 bits per heavy atom. The quantitative estimate of drug-likeness (QED) is 0.452. The highest BCUT2D eigenvalue weighted by Gasteiger charge is 2.20. The average Bonchev–Trinajstić information content (AvgIpc) is 3.35. The van der Waals surface area contributed by atoms with Gasteiger partial charge < -0.3 is 14.3 Å². The van der Waals surface area contributed by atoms with Gasteiger partial charge in [0.05, 0.1) is 34.7 Å². The van der Waals surface area contributed by atoms with E-state index >= 15 is 0 Å². The van der Waals surface area contributed by atoms with Crippen LogP contribution in [0, 0.1) is 25.2 Å². The number of para-hydroxylation sites is 1. The minimum Gasteiger partial charge on any atom is -0.467 e. The Bertz CT molecular complexity index is 1250. The van der Waals surface area contributed by atoms with E-state index in [1.165, 1.54) is 11.8 Å². The lowest BCUT2D eigenvalue weighted by Gasteiger charge is -2.12. The molecular weight excluding hydrogens is 396 g/mol. The van der Waals surface area contributed by atoms with Gasteiger partial charge in [0.15, 0.2) is 0 Å². The number of pyridine rings is 1. The molecule has 30 heavy (non-hydrogen) atoms. The van der Waals surface area contributed by atoms with Gasteiger partial charge in [-0.05, 0) is 43.7 Å². The fourth-order valence-corrected chi connectivity index (χ4v) is 4.00. The van der Waals surface area contributed by atoms with Crippen LogP contribution in [0.2, 0.25) is 0 Å². The van der Waals surface area contributed by atoms with Gasteiger partial charge in [-0.15, -0.1) is 0 Å². The maximum atomic E-state index is 12.7. The van der Waals surface area contributed by atoms with Crippen molar-refractivity contribution in [2.75, 3.05) is 11.1 Å². The first kappa shape index (κ1) is 19.8. The fourth-order valence-electron chi connectivity index (χ4n) is 3.32. The van der Waals surface area contributed by atoms with Crippen molar-refractivity contribution in [2.24, 2.45) is 0 Å². The minimum absolute atomic E-state index is 0.190. The second-order valence-electron chi connectivity index (χ2n) is 6.89. The Hall–Kier alpha value is -3.50. The fraction of sp³-hybridized carbons (Fsp3) is 0.174. The standard InChI is InChI=1S/C23H20N4O2S/c1-15-16(2)27(13-18-7-5-11-29-18)23(19(15)12-24)26-21(28)14-30-22-10-9-17-6-3-4-8-20(17)25-22/h3-11H,13-14H2,1-2H3,(H,26,28). The highest BCUT2D eigenvalue weighted by Crippen LogP contribution is 2.28. The molecule has 0 aliphatic carbocycles. The van der Waals surface area contributed by atoms with Crippen LogP contribution in [0.5, 0.6) is 0 Å². The summed E-state index contributed by atoms with van der Waals surface area (Å²) in [5.74, 6) is 1.26. The minimum atomic E-state index is -0.190. The van der Waals surface area contributed by atoms with Crippen LogP contribution in [0.25, 0.3) is 10.9 Å². The van der Waals surface area contributed by atoms with E-state index in [1.54, 1.807) is 6.26 Å². The van der Waals surface area contributed by atoms with Crippen molar-refractivity contribution in [3.8, 4) is 6.07 Å². The predicted octanol–water partition coefficient (Wildman–Crippen LogP) is 4.90. The largest absolute Gasteiger partial charge is 0.467 e. The third kappa shape index (κ3) is 3.95. The first-order valence-corrected chi connectivity index (χ1v) is 10.5. The van der Waals surface area contributed by atoms with E-state index in [9.17, 15) is 10.1 Å². The van der Waals surface area contributed by atoms with Gasteiger partial charge in [0.1, 0.15) is 17.6 Å². The van der Waals surface area contributed by atoms with Crippen molar-refractivity contribution in [2.45, 2.75) is 25.4 Å². The second kappa shape index (κ2) is 8.47. The van der Waals surface area contributed by atoms with Crippen LogP contribution in [0.15, 0.2) is 64.2 Å². The van der Waals surface area contributed by atoms with E-state index in [1.807, 2.05) is 66.9 Å². The van der Waals surface area contributed by atoms with Gasteiger partial charge in [-0.3, -0.25) is 4.79 Å². The number of carbonyl (C=O) groups excluding carboxylic acids is 1. The third-order valence-corrected chi connectivity index (χ3v) is 5.95. The van der Waals surface area contributed by atoms with Gasteiger partial charge in [-0.1, -0.05) is 36.0 Å². The predicted molar refractivity (Wildman–Crippen MR) is 118 cm³/mol. The first-order chi connectivity index (χ1) is 14.6. The molecule has 0 spiro atoms. The van der Waals surface area contributed by atoms with E-state index < -0.39 is 0 Å². The highest BCUT2D eigenvalue weighted by atomic mass is 32.2. The molecule has 7 heteroatoms. The summed E-state index contributed by atoms with van der Waals surface area (Å²) in [6, 6.07) is 17.7. The van der Waals surface area contributed by atoms with Crippen molar-refractivity contribution < 1.29 is 9.21 Å². The Morgan fingerprint density at radius 1 is 1.20 bits per heavy atom. The average molecular weight is 417 g/mol. The molecule has 0 saturated carbocycles. The van der Waals surface area contributed by atoms with Gasteiger partial charge in [-0.2, -0.15) is 5.26 Å². The number of nitrogens with one attached hydrogen (secondary N) is 1. The smallest absolute Gasteiger partial charge is 0.235 e. The van der Waals surface area contributed by atoms with E-state index in [4.69, 9.17) is 4.42 Å². The van der Waals surface area contributed by atoms with E-state index in [0.29, 0.717) is 17.9 Å². The number of thioether (sulfide) groups is 1. The summed E-state index contributed by atoms with van der Waals surface area (Å²) in [6.07, 6.45) is 1.61. The van der Waals surface area contributed by atoms with Crippen molar-refractivity contribution in [1.29, 1.82) is 5.26 Å². The Morgan fingerprint density at radius 3 is 2.80 bits per heavy atom. The number of hydrogen-bond donors (Lipinski definition) is 1. The van der Waals surface area contributed by atoms with Crippen molar-refractivity contribution >= 4 is 34.4 Å². The van der Waals surface area contributed by atoms with Crippen LogP contribution in [0.3, 0.4) is 0 Å². The molecule has 0 saturated heterocycles. The molecule has 1 amide bonds. The Balaban J connectivity index is 1.52. The van der Waals surface area contributed by atoms with Crippen LogP contribution in [0.4, 0.5) is 5.82 Å². The van der Waals surface area contributed by atoms with E-state index in [-0.39, 0.29) is 11.7 Å². The summed E-state index contributed by atoms with van der Waals surface area (Å²) in [5.41, 5.74) is 3.14. The molecule has 150 valence electrons. The molecule has 6 nitrogen and oxygen atoms in total. The van der Waals surface area contributed by atoms with Crippen molar-refractivity contribution in [3.63, 3.8) is 0 Å². The number of aromatic nitrogens is 2. The molecule has 4 rings (SSSR count). The number of anilines is 1. The molecule has 0 radical (unpaired) electrons. The lowest BCUT2D eigenvalue weighted by atomic mass is 10.2. The molecule has 4 aromatic rings. The highest BCUT2D eigenvalue weighted by molar-refractivity contribution is 7.99. The molecule has 1 N–H and O–H groups in total. The second-order valence-corrected chi connectivity index (χ2v) is 7.89. The molecule has 0 fully saturated rings. The summed E-state index contributed by atoms with van der Waals surface area (Å²) in [4.78, 5) is 17.3. The van der Waals surface area contributed by atoms with Gasteiger partial charge in [0.2, 0.25) is 5.91 Å². The van der Waals surface area contributed by atoms with Crippen LogP contribution in [-0.4, -0.2) is 21.2 Å². The Labute approximate surface area is 178 Å². The number of rotatable bonds is 6. The zero-order valence-corrected chi connectivity index (χ0v) is 17.5. The normalized spacial score (nSPS) is 10.8. The Kier molecular flexibility index (Phi) is 5.59. The zero-order valence-electron chi connectivity index (χ0n) is 16.7. The maximum Gasteiger partial charge on any atom is 0.235 e. The van der Waals surface area contributed by atoms with Gasteiger partial charge >= 0.3 is 0 Å². The molecule has 1 aromatic carbocycles. The molecular formula is C23H20N4O2S. The maximum absolute atomic E-state index is 12.7. The number of benzene rings is 1. The first-order valence-electron chi connectivity index (χ1n) is 9.47. The summed E-state index contributed by atoms with van der Waals surface area (Å²) in [7, 11) is 0. The summed E-state index contributed by atoms with van der Waals surface area (Å²) in [5, 5.41) is 14.4. The van der Waals surface area contributed by atoms with Gasteiger partial charge in [0, 0.05) is 11.1 Å². The molecule has 3 heterocycles. The number of nitriles is 1. The summed E-state index contributed by atoms with van der Waals surface area (Å²) in [6.45, 7) is 4.26. The topological polar surface area (TPSA) is 83.9 Å². The van der Waals surface area contributed by atoms with Crippen molar-refractivity contribution in [3.05, 3.63) is 77.4 Å². The van der Waals surface area contributed by atoms with E-state index in [2.05, 4.69) is 16.4 Å². The van der Waals surface area contributed by atoms with E-state index in [0.717, 1.165) is 32.9 Å². The number of amides is 1. The van der Waals surface area contributed by atoms with Crippen LogP contribution in [0.1, 0.15) is 22.6 Å². The number of furan rings is 1.